The number of carbonyl (C=O) groups is 2. The van der Waals surface area contributed by atoms with Crippen molar-refractivity contribution in [2.45, 2.75) is 19.8 Å². The molecular formula is C18H17N3O2S2. The maximum Gasteiger partial charge on any atom is 0.226 e. The number of hydrogen-bond acceptors (Lipinski definition) is 5. The van der Waals surface area contributed by atoms with Crippen LogP contribution in [0.5, 0.6) is 0 Å². The summed E-state index contributed by atoms with van der Waals surface area (Å²) >= 11 is 3.06. The van der Waals surface area contributed by atoms with Crippen LogP contribution in [0.25, 0.3) is 11.3 Å². The SMILES string of the molecule is CC(=O)Nc1ccc(-c2csc(NC(=O)CCc3cccs3)n2)cc1. The fraction of sp³-hybridized carbons (Fsp3) is 0.167. The minimum atomic E-state index is -0.103. The summed E-state index contributed by atoms with van der Waals surface area (Å²) < 4.78 is 0. The van der Waals surface area contributed by atoms with E-state index in [0.29, 0.717) is 11.6 Å². The molecule has 0 saturated carbocycles. The van der Waals surface area contributed by atoms with Gasteiger partial charge >= 0.3 is 0 Å². The lowest BCUT2D eigenvalue weighted by atomic mass is 10.1. The highest BCUT2D eigenvalue weighted by Crippen LogP contribution is 2.26. The number of thiazole rings is 1. The Bertz CT molecular complexity index is 855. The molecule has 0 saturated heterocycles. The van der Waals surface area contributed by atoms with Gasteiger partial charge in [-0.15, -0.1) is 22.7 Å². The van der Waals surface area contributed by atoms with Crippen LogP contribution in [-0.2, 0) is 16.0 Å². The molecule has 3 rings (SSSR count). The molecule has 3 aromatic rings. The van der Waals surface area contributed by atoms with Gasteiger partial charge in [0.1, 0.15) is 0 Å². The van der Waals surface area contributed by atoms with Gasteiger partial charge in [-0.2, -0.15) is 0 Å². The van der Waals surface area contributed by atoms with E-state index in [-0.39, 0.29) is 11.8 Å². The Balaban J connectivity index is 1.58. The third-order valence-corrected chi connectivity index (χ3v) is 5.12. The molecule has 5 nitrogen and oxygen atoms in total. The normalized spacial score (nSPS) is 10.4. The first-order valence-electron chi connectivity index (χ1n) is 7.76. The van der Waals surface area contributed by atoms with E-state index in [0.717, 1.165) is 23.4 Å². The largest absolute Gasteiger partial charge is 0.326 e. The van der Waals surface area contributed by atoms with Gasteiger partial charge in [0.2, 0.25) is 11.8 Å². The van der Waals surface area contributed by atoms with Gasteiger partial charge in [-0.25, -0.2) is 4.98 Å². The summed E-state index contributed by atoms with van der Waals surface area (Å²) in [5.41, 5.74) is 2.48. The van der Waals surface area contributed by atoms with E-state index in [2.05, 4.69) is 15.6 Å². The monoisotopic (exact) mass is 371 g/mol. The van der Waals surface area contributed by atoms with Crippen LogP contribution in [0, 0.1) is 0 Å². The van der Waals surface area contributed by atoms with Crippen LogP contribution in [0.2, 0.25) is 0 Å². The molecule has 0 unspecified atom stereocenters. The van der Waals surface area contributed by atoms with Crippen LogP contribution in [0.3, 0.4) is 0 Å². The lowest BCUT2D eigenvalue weighted by Crippen LogP contribution is -2.11. The molecule has 0 bridgehead atoms. The Morgan fingerprint density at radius 3 is 2.56 bits per heavy atom. The Morgan fingerprint density at radius 2 is 1.88 bits per heavy atom. The number of hydrogen-bond donors (Lipinski definition) is 2. The highest BCUT2D eigenvalue weighted by molar-refractivity contribution is 7.14. The van der Waals surface area contributed by atoms with Crippen molar-refractivity contribution in [2.24, 2.45) is 0 Å². The molecule has 0 aliphatic rings. The zero-order valence-corrected chi connectivity index (χ0v) is 15.2. The molecule has 1 aromatic carbocycles. The molecule has 0 atom stereocenters. The van der Waals surface area contributed by atoms with Crippen LogP contribution in [0.4, 0.5) is 10.8 Å². The zero-order chi connectivity index (χ0) is 17.6. The van der Waals surface area contributed by atoms with Gasteiger partial charge in [0.05, 0.1) is 5.69 Å². The highest BCUT2D eigenvalue weighted by Gasteiger charge is 2.09. The van der Waals surface area contributed by atoms with Crippen molar-refractivity contribution in [2.75, 3.05) is 10.6 Å². The van der Waals surface area contributed by atoms with E-state index in [1.54, 1.807) is 11.3 Å². The average Bonchev–Trinajstić information content (AvgIpc) is 3.25. The van der Waals surface area contributed by atoms with Crippen LogP contribution in [0.1, 0.15) is 18.2 Å². The number of anilines is 2. The fourth-order valence-electron chi connectivity index (χ4n) is 2.26. The summed E-state index contributed by atoms with van der Waals surface area (Å²) in [5.74, 6) is -0.135. The summed E-state index contributed by atoms with van der Waals surface area (Å²) in [6.07, 6.45) is 1.19. The van der Waals surface area contributed by atoms with E-state index >= 15 is 0 Å². The van der Waals surface area contributed by atoms with E-state index in [1.165, 1.54) is 23.1 Å². The van der Waals surface area contributed by atoms with Crippen molar-refractivity contribution in [1.82, 2.24) is 4.98 Å². The standard InChI is InChI=1S/C18H17N3O2S2/c1-12(22)19-14-6-4-13(5-7-14)16-11-25-18(20-16)21-17(23)9-8-15-3-2-10-24-15/h2-7,10-11H,8-9H2,1H3,(H,19,22)(H,20,21,23). The van der Waals surface area contributed by atoms with Crippen molar-refractivity contribution in [3.8, 4) is 11.3 Å². The van der Waals surface area contributed by atoms with E-state index in [4.69, 9.17) is 0 Å². The van der Waals surface area contributed by atoms with E-state index < -0.39 is 0 Å². The molecule has 128 valence electrons. The van der Waals surface area contributed by atoms with Gasteiger partial charge in [-0.1, -0.05) is 18.2 Å². The van der Waals surface area contributed by atoms with Crippen molar-refractivity contribution in [1.29, 1.82) is 0 Å². The topological polar surface area (TPSA) is 71.1 Å². The number of amides is 2. The summed E-state index contributed by atoms with van der Waals surface area (Å²) in [5, 5.41) is 10.1. The van der Waals surface area contributed by atoms with Crippen LogP contribution in [-0.4, -0.2) is 16.8 Å². The predicted octanol–water partition coefficient (Wildman–Crippen LogP) is 4.40. The second-order valence-electron chi connectivity index (χ2n) is 5.42. The van der Waals surface area contributed by atoms with Crippen LogP contribution in [0.15, 0.2) is 47.2 Å². The highest BCUT2D eigenvalue weighted by atomic mass is 32.1. The van der Waals surface area contributed by atoms with Gasteiger partial charge in [0.15, 0.2) is 5.13 Å². The number of carbonyl (C=O) groups excluding carboxylic acids is 2. The zero-order valence-electron chi connectivity index (χ0n) is 13.6. The second kappa shape index (κ2) is 8.04. The first-order valence-corrected chi connectivity index (χ1v) is 9.52. The molecule has 2 heterocycles. The second-order valence-corrected chi connectivity index (χ2v) is 7.31. The summed E-state index contributed by atoms with van der Waals surface area (Å²) in [6.45, 7) is 1.47. The molecule has 0 aliphatic carbocycles. The van der Waals surface area contributed by atoms with Gasteiger partial charge in [0, 0.05) is 34.9 Å². The lowest BCUT2D eigenvalue weighted by molar-refractivity contribution is -0.116. The third kappa shape index (κ3) is 4.98. The van der Waals surface area contributed by atoms with Crippen molar-refractivity contribution in [3.63, 3.8) is 0 Å². The van der Waals surface area contributed by atoms with Crippen LogP contribution < -0.4 is 10.6 Å². The van der Waals surface area contributed by atoms with E-state index in [9.17, 15) is 9.59 Å². The fourth-order valence-corrected chi connectivity index (χ4v) is 3.71. The molecule has 2 amide bonds. The Kier molecular flexibility index (Phi) is 5.57. The Hall–Kier alpha value is -2.51. The molecule has 0 radical (unpaired) electrons. The Labute approximate surface area is 153 Å². The molecule has 0 fully saturated rings. The number of nitrogens with zero attached hydrogens (tertiary/aromatic N) is 1. The number of benzene rings is 1. The van der Waals surface area contributed by atoms with Crippen LogP contribution >= 0.6 is 22.7 Å². The van der Waals surface area contributed by atoms with Crippen molar-refractivity contribution < 1.29 is 9.59 Å². The molecule has 2 aromatic heterocycles. The summed E-state index contributed by atoms with van der Waals surface area (Å²) in [4.78, 5) is 28.7. The lowest BCUT2D eigenvalue weighted by Gasteiger charge is -2.03. The maximum absolute atomic E-state index is 12.0. The number of thiophene rings is 1. The molecule has 0 aliphatic heterocycles. The predicted molar refractivity (Wildman–Crippen MR) is 103 cm³/mol. The molecular weight excluding hydrogens is 354 g/mol. The molecule has 0 spiro atoms. The number of aromatic nitrogens is 1. The molecule has 7 heteroatoms. The minimum Gasteiger partial charge on any atom is -0.326 e. The van der Waals surface area contributed by atoms with Gasteiger partial charge < -0.3 is 10.6 Å². The average molecular weight is 371 g/mol. The van der Waals surface area contributed by atoms with Crippen molar-refractivity contribution >= 4 is 45.3 Å². The van der Waals surface area contributed by atoms with Gasteiger partial charge in [-0.05, 0) is 30.0 Å². The quantitative estimate of drug-likeness (QED) is 0.674. The first kappa shape index (κ1) is 17.3. The molecule has 2 N–H and O–H groups in total. The van der Waals surface area contributed by atoms with Gasteiger partial charge in [0.25, 0.3) is 0 Å². The smallest absolute Gasteiger partial charge is 0.226 e. The number of rotatable bonds is 6. The minimum absolute atomic E-state index is 0.0321. The molecule has 25 heavy (non-hydrogen) atoms. The van der Waals surface area contributed by atoms with Gasteiger partial charge in [-0.3, -0.25) is 9.59 Å². The Morgan fingerprint density at radius 1 is 1.08 bits per heavy atom. The third-order valence-electron chi connectivity index (χ3n) is 3.43. The summed E-state index contributed by atoms with van der Waals surface area (Å²) in [6, 6.07) is 11.5. The number of aryl methyl sites for hydroxylation is 1. The summed E-state index contributed by atoms with van der Waals surface area (Å²) in [7, 11) is 0. The van der Waals surface area contributed by atoms with Crippen molar-refractivity contribution in [3.05, 3.63) is 52.0 Å². The maximum atomic E-state index is 12.0. The van der Waals surface area contributed by atoms with E-state index in [1.807, 2.05) is 47.2 Å². The number of nitrogens with one attached hydrogen (secondary N) is 2. The first-order chi connectivity index (χ1) is 12.1.